The molecule has 3 heterocycles. The number of aliphatic carboxylic acids is 1. The predicted octanol–water partition coefficient (Wildman–Crippen LogP) is 0.919. The molecule has 1 N–H and O–H groups in total. The second kappa shape index (κ2) is 4.10. The summed E-state index contributed by atoms with van der Waals surface area (Å²) in [6.45, 7) is 0.926. The first kappa shape index (κ1) is 10.7. The zero-order valence-corrected chi connectivity index (χ0v) is 9.50. The van der Waals surface area contributed by atoms with E-state index in [0.717, 1.165) is 43.9 Å². The molecule has 0 radical (unpaired) electrons. The molecule has 0 amide bonds. The van der Waals surface area contributed by atoms with E-state index >= 15 is 0 Å². The van der Waals surface area contributed by atoms with Gasteiger partial charge in [0.2, 0.25) is 0 Å². The second-order valence-corrected chi connectivity index (χ2v) is 4.61. The number of aromatic nitrogens is 3. The summed E-state index contributed by atoms with van der Waals surface area (Å²) < 4.78 is 7.61. The normalized spacial score (nSPS) is 28.0. The van der Waals surface area contributed by atoms with Gasteiger partial charge in [-0.3, -0.25) is 0 Å². The van der Waals surface area contributed by atoms with E-state index in [1.54, 1.807) is 0 Å². The molecule has 3 rings (SSSR count). The Morgan fingerprint density at radius 3 is 3.00 bits per heavy atom. The number of carbonyl (C=O) groups is 1. The molecule has 6 nitrogen and oxygen atoms in total. The Morgan fingerprint density at radius 1 is 1.35 bits per heavy atom. The lowest BCUT2D eigenvalue weighted by Crippen LogP contribution is -2.20. The van der Waals surface area contributed by atoms with Crippen molar-refractivity contribution in [2.75, 3.05) is 0 Å². The smallest absolute Gasteiger partial charge is 0.332 e. The molecular formula is C11H15N3O3. The number of nitrogens with zero attached hydrogens (tertiary/aromatic N) is 3. The molecule has 6 heteroatoms. The zero-order valence-electron chi connectivity index (χ0n) is 9.50. The van der Waals surface area contributed by atoms with E-state index in [1.165, 1.54) is 0 Å². The number of rotatable bonds is 2. The van der Waals surface area contributed by atoms with Crippen LogP contribution in [0.25, 0.3) is 0 Å². The highest BCUT2D eigenvalue weighted by Crippen LogP contribution is 2.33. The van der Waals surface area contributed by atoms with Gasteiger partial charge < -0.3 is 14.4 Å². The van der Waals surface area contributed by atoms with Crippen LogP contribution in [0, 0.1) is 0 Å². The lowest BCUT2D eigenvalue weighted by Gasteiger charge is -2.17. The Balaban J connectivity index is 1.81. The fourth-order valence-electron chi connectivity index (χ4n) is 2.58. The van der Waals surface area contributed by atoms with Crippen LogP contribution in [-0.2, 0) is 22.5 Å². The van der Waals surface area contributed by atoms with Crippen molar-refractivity contribution < 1.29 is 14.6 Å². The van der Waals surface area contributed by atoms with E-state index in [4.69, 9.17) is 9.84 Å². The number of hydrogen-bond acceptors (Lipinski definition) is 4. The number of hydrogen-bond donors (Lipinski definition) is 1. The van der Waals surface area contributed by atoms with Crippen molar-refractivity contribution in [3.63, 3.8) is 0 Å². The third-order valence-corrected chi connectivity index (χ3v) is 3.47. The zero-order chi connectivity index (χ0) is 11.8. The Bertz CT molecular complexity index is 443. The maximum Gasteiger partial charge on any atom is 0.332 e. The second-order valence-electron chi connectivity index (χ2n) is 4.61. The van der Waals surface area contributed by atoms with E-state index in [0.29, 0.717) is 6.42 Å². The van der Waals surface area contributed by atoms with E-state index in [9.17, 15) is 4.79 Å². The first-order chi connectivity index (χ1) is 8.25. The van der Waals surface area contributed by atoms with E-state index < -0.39 is 12.1 Å². The van der Waals surface area contributed by atoms with Crippen LogP contribution in [0.5, 0.6) is 0 Å². The molecule has 2 aliphatic heterocycles. The first-order valence-corrected chi connectivity index (χ1v) is 6.06. The molecule has 1 saturated heterocycles. The largest absolute Gasteiger partial charge is 0.479 e. The highest BCUT2D eigenvalue weighted by atomic mass is 16.5. The van der Waals surface area contributed by atoms with Gasteiger partial charge in [-0.15, -0.1) is 10.2 Å². The average Bonchev–Trinajstić information content (AvgIpc) is 2.95. The van der Waals surface area contributed by atoms with Gasteiger partial charge in [0.1, 0.15) is 11.9 Å². The highest BCUT2D eigenvalue weighted by molar-refractivity contribution is 5.72. The van der Waals surface area contributed by atoms with Gasteiger partial charge in [-0.25, -0.2) is 4.79 Å². The molecular weight excluding hydrogens is 222 g/mol. The van der Waals surface area contributed by atoms with Crippen LogP contribution in [0.3, 0.4) is 0 Å². The maximum absolute atomic E-state index is 10.8. The van der Waals surface area contributed by atoms with Crippen molar-refractivity contribution in [3.05, 3.63) is 11.6 Å². The van der Waals surface area contributed by atoms with Crippen molar-refractivity contribution >= 4 is 5.97 Å². The lowest BCUT2D eigenvalue weighted by molar-refractivity contribution is -0.149. The van der Waals surface area contributed by atoms with Crippen LogP contribution in [0.4, 0.5) is 0 Å². The molecule has 1 aromatic rings. The van der Waals surface area contributed by atoms with Gasteiger partial charge in [-0.2, -0.15) is 0 Å². The molecule has 1 aromatic heterocycles. The number of carboxylic acids is 1. The molecule has 1 fully saturated rings. The van der Waals surface area contributed by atoms with Gasteiger partial charge in [-0.05, 0) is 25.7 Å². The minimum atomic E-state index is -0.883. The fraction of sp³-hybridized carbons (Fsp3) is 0.727. The predicted molar refractivity (Wildman–Crippen MR) is 57.4 cm³/mol. The van der Waals surface area contributed by atoms with Crippen LogP contribution in [0.15, 0.2) is 0 Å². The summed E-state index contributed by atoms with van der Waals surface area (Å²) in [5.41, 5.74) is 0. The molecule has 2 aliphatic rings. The molecule has 92 valence electrons. The average molecular weight is 237 g/mol. The third kappa shape index (κ3) is 1.82. The SMILES string of the molecule is O=C(O)C1CCC(c2nnc3n2CCCC3)O1. The van der Waals surface area contributed by atoms with E-state index in [2.05, 4.69) is 14.8 Å². The monoisotopic (exact) mass is 237 g/mol. The maximum atomic E-state index is 10.8. The summed E-state index contributed by atoms with van der Waals surface area (Å²) in [7, 11) is 0. The molecule has 0 spiro atoms. The van der Waals surface area contributed by atoms with Crippen LogP contribution < -0.4 is 0 Å². The number of aryl methyl sites for hydroxylation is 1. The minimum Gasteiger partial charge on any atom is -0.479 e. The Morgan fingerprint density at radius 2 is 2.24 bits per heavy atom. The van der Waals surface area contributed by atoms with Gasteiger partial charge >= 0.3 is 5.97 Å². The quantitative estimate of drug-likeness (QED) is 0.827. The fourth-order valence-corrected chi connectivity index (χ4v) is 2.58. The lowest BCUT2D eigenvalue weighted by atomic mass is 10.1. The number of carboxylic acid groups (broad SMARTS) is 1. The minimum absolute atomic E-state index is 0.199. The van der Waals surface area contributed by atoms with Crippen molar-refractivity contribution in [2.45, 2.75) is 50.9 Å². The Labute approximate surface area is 98.6 Å². The van der Waals surface area contributed by atoms with Crippen LogP contribution in [-0.4, -0.2) is 31.9 Å². The van der Waals surface area contributed by atoms with Crippen LogP contribution in [0.1, 0.15) is 43.4 Å². The molecule has 0 bridgehead atoms. The number of ether oxygens (including phenoxy) is 1. The van der Waals surface area contributed by atoms with Gasteiger partial charge in [0, 0.05) is 13.0 Å². The standard InChI is InChI=1S/C11H15N3O3/c15-11(16)8-5-4-7(17-8)10-13-12-9-3-1-2-6-14(9)10/h7-8H,1-6H2,(H,15,16). The first-order valence-electron chi connectivity index (χ1n) is 6.06. The molecule has 17 heavy (non-hydrogen) atoms. The topological polar surface area (TPSA) is 77.2 Å². The summed E-state index contributed by atoms with van der Waals surface area (Å²) in [4.78, 5) is 10.8. The van der Waals surface area contributed by atoms with E-state index in [-0.39, 0.29) is 6.10 Å². The molecule has 0 saturated carbocycles. The van der Waals surface area contributed by atoms with Gasteiger partial charge in [0.25, 0.3) is 0 Å². The summed E-state index contributed by atoms with van der Waals surface area (Å²) >= 11 is 0. The summed E-state index contributed by atoms with van der Waals surface area (Å²) in [5.74, 6) is 0.933. The van der Waals surface area contributed by atoms with Gasteiger partial charge in [0.05, 0.1) is 0 Å². The molecule has 0 aromatic carbocycles. The van der Waals surface area contributed by atoms with Crippen LogP contribution >= 0.6 is 0 Å². The van der Waals surface area contributed by atoms with Crippen molar-refractivity contribution in [3.8, 4) is 0 Å². The van der Waals surface area contributed by atoms with Gasteiger partial charge in [0.15, 0.2) is 11.9 Å². The van der Waals surface area contributed by atoms with Crippen molar-refractivity contribution in [1.82, 2.24) is 14.8 Å². The number of fused-ring (bicyclic) bond motifs is 1. The van der Waals surface area contributed by atoms with Crippen molar-refractivity contribution in [1.29, 1.82) is 0 Å². The summed E-state index contributed by atoms with van der Waals surface area (Å²) in [6, 6.07) is 0. The summed E-state index contributed by atoms with van der Waals surface area (Å²) in [6.07, 6.45) is 3.64. The molecule has 0 aliphatic carbocycles. The van der Waals surface area contributed by atoms with Gasteiger partial charge in [-0.1, -0.05) is 0 Å². The summed E-state index contributed by atoms with van der Waals surface area (Å²) in [5, 5.41) is 17.2. The molecule has 2 unspecified atom stereocenters. The Hall–Kier alpha value is -1.43. The highest BCUT2D eigenvalue weighted by Gasteiger charge is 2.35. The van der Waals surface area contributed by atoms with Crippen molar-refractivity contribution in [2.24, 2.45) is 0 Å². The third-order valence-electron chi connectivity index (χ3n) is 3.47. The van der Waals surface area contributed by atoms with E-state index in [1.807, 2.05) is 0 Å². The molecule has 2 atom stereocenters. The Kier molecular flexibility index (Phi) is 2.58. The van der Waals surface area contributed by atoms with Crippen LogP contribution in [0.2, 0.25) is 0 Å².